The first-order valence-corrected chi connectivity index (χ1v) is 11.2. The summed E-state index contributed by atoms with van der Waals surface area (Å²) in [7, 11) is 0. The van der Waals surface area contributed by atoms with E-state index in [1.807, 2.05) is 20.8 Å². The number of carboxylic acid groups (broad SMARTS) is 1. The fourth-order valence-corrected chi connectivity index (χ4v) is 2.99. The first-order chi connectivity index (χ1) is 15.3. The van der Waals surface area contributed by atoms with E-state index >= 15 is 0 Å². The number of nitrogens with zero attached hydrogens (tertiary/aromatic N) is 1. The molecule has 0 heterocycles. The molecule has 0 fully saturated rings. The zero-order valence-electron chi connectivity index (χ0n) is 20.3. The van der Waals surface area contributed by atoms with Crippen molar-refractivity contribution in [3.8, 4) is 0 Å². The summed E-state index contributed by atoms with van der Waals surface area (Å²) >= 11 is 0. The van der Waals surface area contributed by atoms with Gasteiger partial charge < -0.3 is 38.3 Å². The highest BCUT2D eigenvalue weighted by molar-refractivity contribution is 5.94. The summed E-state index contributed by atoms with van der Waals surface area (Å²) in [4.78, 5) is 53.2. The number of guanidine groups is 1. The van der Waals surface area contributed by atoms with Gasteiger partial charge in [0.15, 0.2) is 5.96 Å². The number of carbonyl (C=O) groups is 4. The zero-order chi connectivity index (χ0) is 25.7. The van der Waals surface area contributed by atoms with Crippen molar-refractivity contribution in [2.24, 2.45) is 34.0 Å². The molecule has 3 amide bonds. The average Bonchev–Trinajstić information content (AvgIpc) is 2.72. The van der Waals surface area contributed by atoms with Crippen molar-refractivity contribution in [3.05, 3.63) is 0 Å². The Morgan fingerprint density at radius 3 is 2.03 bits per heavy atom. The normalized spacial score (nSPS) is 15.5. The number of aliphatic imine (C=N–C) groups is 1. The quantitative estimate of drug-likeness (QED) is 0.0892. The predicted octanol–water partition coefficient (Wildman–Crippen LogP) is -0.982. The third-order valence-electron chi connectivity index (χ3n) is 5.16. The number of hydrogen-bond acceptors (Lipinski definition) is 6. The smallest absolute Gasteiger partial charge is 0.325 e. The number of amides is 3. The zero-order valence-corrected chi connectivity index (χ0v) is 20.3. The number of hydrogen-bond donors (Lipinski definition) is 7. The van der Waals surface area contributed by atoms with E-state index in [2.05, 4.69) is 20.9 Å². The maximum Gasteiger partial charge on any atom is 0.325 e. The van der Waals surface area contributed by atoms with Gasteiger partial charge in [0.1, 0.15) is 18.1 Å². The highest BCUT2D eigenvalue weighted by atomic mass is 16.4. The van der Waals surface area contributed by atoms with Crippen LogP contribution in [0.5, 0.6) is 0 Å². The van der Waals surface area contributed by atoms with E-state index in [0.29, 0.717) is 19.3 Å². The Balaban J connectivity index is 5.50. The molecule has 12 nitrogen and oxygen atoms in total. The Morgan fingerprint density at radius 2 is 1.55 bits per heavy atom. The molecular formula is C21H41N7O5. The van der Waals surface area contributed by atoms with Gasteiger partial charge in [-0.3, -0.25) is 24.2 Å². The standard InChI is InChI=1S/C21H41N7O5/c1-6-12(4)16(19(31)26-13(5)20(32)33)28-18(30)15(8-7-9-25-21(23)24)27-17(29)14(22)10-11(2)3/h11-16H,6-10,22H2,1-5H3,(H,26,31)(H,27,29)(H,28,30)(H,32,33)(H4,23,24,25). The molecule has 10 N–H and O–H groups in total. The van der Waals surface area contributed by atoms with Crippen molar-refractivity contribution < 1.29 is 24.3 Å². The molecule has 5 unspecified atom stereocenters. The Hall–Kier alpha value is -2.89. The maximum absolute atomic E-state index is 13.1. The molecular weight excluding hydrogens is 430 g/mol. The molecule has 0 aromatic rings. The minimum absolute atomic E-state index is 0.0833. The lowest BCUT2D eigenvalue weighted by atomic mass is 9.97. The van der Waals surface area contributed by atoms with Gasteiger partial charge in [0.25, 0.3) is 0 Å². The summed E-state index contributed by atoms with van der Waals surface area (Å²) in [6, 6.07) is -3.86. The summed E-state index contributed by atoms with van der Waals surface area (Å²) in [6.45, 7) is 9.06. The molecule has 0 aromatic heterocycles. The summed E-state index contributed by atoms with van der Waals surface area (Å²) < 4.78 is 0. The molecule has 0 bridgehead atoms. The van der Waals surface area contributed by atoms with Crippen LogP contribution in [0.25, 0.3) is 0 Å². The van der Waals surface area contributed by atoms with Crippen molar-refractivity contribution in [2.45, 2.75) is 84.5 Å². The molecule has 0 saturated carbocycles. The minimum Gasteiger partial charge on any atom is -0.480 e. The first-order valence-electron chi connectivity index (χ1n) is 11.2. The Morgan fingerprint density at radius 1 is 0.939 bits per heavy atom. The molecule has 0 aliphatic rings. The Labute approximate surface area is 195 Å². The van der Waals surface area contributed by atoms with Crippen molar-refractivity contribution in [3.63, 3.8) is 0 Å². The van der Waals surface area contributed by atoms with Gasteiger partial charge in [-0.25, -0.2) is 0 Å². The first kappa shape index (κ1) is 30.1. The van der Waals surface area contributed by atoms with Crippen LogP contribution in [0.2, 0.25) is 0 Å². The lowest BCUT2D eigenvalue weighted by molar-refractivity contribution is -0.142. The van der Waals surface area contributed by atoms with E-state index in [1.54, 1.807) is 6.92 Å². The van der Waals surface area contributed by atoms with Crippen molar-refractivity contribution in [1.29, 1.82) is 0 Å². The lowest BCUT2D eigenvalue weighted by Gasteiger charge is -2.27. The second kappa shape index (κ2) is 15.0. The van der Waals surface area contributed by atoms with Crippen LogP contribution in [-0.2, 0) is 19.2 Å². The number of carbonyl (C=O) groups excluding carboxylic acids is 3. The highest BCUT2D eigenvalue weighted by Gasteiger charge is 2.31. The van der Waals surface area contributed by atoms with Gasteiger partial charge in [0, 0.05) is 6.54 Å². The molecule has 0 radical (unpaired) electrons. The molecule has 0 spiro atoms. The van der Waals surface area contributed by atoms with Gasteiger partial charge in [0.05, 0.1) is 6.04 Å². The second-order valence-electron chi connectivity index (χ2n) is 8.69. The van der Waals surface area contributed by atoms with E-state index < -0.39 is 47.9 Å². The highest BCUT2D eigenvalue weighted by Crippen LogP contribution is 2.10. The van der Waals surface area contributed by atoms with Gasteiger partial charge in [-0.15, -0.1) is 0 Å². The fraction of sp³-hybridized carbons (Fsp3) is 0.762. The predicted molar refractivity (Wildman–Crippen MR) is 126 cm³/mol. The third-order valence-corrected chi connectivity index (χ3v) is 5.16. The molecule has 190 valence electrons. The van der Waals surface area contributed by atoms with Crippen LogP contribution in [0.3, 0.4) is 0 Å². The number of carboxylic acids is 1. The van der Waals surface area contributed by atoms with Crippen LogP contribution in [-0.4, -0.2) is 65.5 Å². The number of nitrogens with two attached hydrogens (primary N) is 3. The topological polar surface area (TPSA) is 215 Å². The molecule has 0 rings (SSSR count). The van der Waals surface area contributed by atoms with Crippen molar-refractivity contribution >= 4 is 29.7 Å². The van der Waals surface area contributed by atoms with E-state index in [-0.39, 0.29) is 30.8 Å². The van der Waals surface area contributed by atoms with Crippen LogP contribution in [0.4, 0.5) is 0 Å². The van der Waals surface area contributed by atoms with E-state index in [1.165, 1.54) is 6.92 Å². The Bertz CT molecular complexity index is 694. The molecule has 0 saturated heterocycles. The Kier molecular flexibility index (Phi) is 13.7. The number of nitrogens with one attached hydrogen (secondary N) is 3. The van der Waals surface area contributed by atoms with Crippen LogP contribution >= 0.6 is 0 Å². The van der Waals surface area contributed by atoms with Crippen LogP contribution in [0.1, 0.15) is 60.3 Å². The van der Waals surface area contributed by atoms with Gasteiger partial charge in [-0.05, 0) is 38.0 Å². The number of rotatable bonds is 15. The second-order valence-corrected chi connectivity index (χ2v) is 8.69. The molecule has 12 heteroatoms. The van der Waals surface area contributed by atoms with Crippen LogP contribution in [0.15, 0.2) is 4.99 Å². The van der Waals surface area contributed by atoms with Crippen LogP contribution < -0.4 is 33.2 Å². The third kappa shape index (κ3) is 12.1. The van der Waals surface area contributed by atoms with Crippen LogP contribution in [0, 0.1) is 11.8 Å². The number of aliphatic carboxylic acids is 1. The molecule has 33 heavy (non-hydrogen) atoms. The van der Waals surface area contributed by atoms with Gasteiger partial charge in [-0.1, -0.05) is 34.1 Å². The van der Waals surface area contributed by atoms with E-state index in [0.717, 1.165) is 0 Å². The maximum atomic E-state index is 13.1. The molecule has 0 aliphatic carbocycles. The molecule has 0 aromatic carbocycles. The summed E-state index contributed by atoms with van der Waals surface area (Å²) in [6.07, 6.45) is 1.61. The summed E-state index contributed by atoms with van der Waals surface area (Å²) in [5.41, 5.74) is 16.6. The van der Waals surface area contributed by atoms with Crippen molar-refractivity contribution in [2.75, 3.05) is 6.54 Å². The van der Waals surface area contributed by atoms with Gasteiger partial charge in [0.2, 0.25) is 17.7 Å². The largest absolute Gasteiger partial charge is 0.480 e. The lowest BCUT2D eigenvalue weighted by Crippen LogP contribution is -2.58. The summed E-state index contributed by atoms with van der Waals surface area (Å²) in [5, 5.41) is 16.8. The molecule has 5 atom stereocenters. The fourth-order valence-electron chi connectivity index (χ4n) is 2.99. The van der Waals surface area contributed by atoms with E-state index in [4.69, 9.17) is 22.3 Å². The molecule has 0 aliphatic heterocycles. The monoisotopic (exact) mass is 471 g/mol. The van der Waals surface area contributed by atoms with E-state index in [9.17, 15) is 19.2 Å². The minimum atomic E-state index is -1.19. The van der Waals surface area contributed by atoms with Crippen molar-refractivity contribution in [1.82, 2.24) is 16.0 Å². The SMILES string of the molecule is CCC(C)C(NC(=O)C(CCCN=C(N)N)NC(=O)C(N)CC(C)C)C(=O)NC(C)C(=O)O. The summed E-state index contributed by atoms with van der Waals surface area (Å²) in [5.74, 6) is -3.04. The van der Waals surface area contributed by atoms with Gasteiger partial charge in [-0.2, -0.15) is 0 Å². The van der Waals surface area contributed by atoms with Gasteiger partial charge >= 0.3 is 5.97 Å². The average molecular weight is 472 g/mol.